The fourth-order valence-electron chi connectivity index (χ4n) is 0.863. The first-order valence-corrected chi connectivity index (χ1v) is 3.87. The molecule has 0 spiro atoms. The van der Waals surface area contributed by atoms with Gasteiger partial charge in [0, 0.05) is 19.6 Å². The van der Waals surface area contributed by atoms with Gasteiger partial charge in [0.15, 0.2) is 0 Å². The van der Waals surface area contributed by atoms with Crippen LogP contribution in [0.4, 0.5) is 4.79 Å². The summed E-state index contributed by atoms with van der Waals surface area (Å²) in [6.45, 7) is 4.73. The van der Waals surface area contributed by atoms with Crippen LogP contribution in [0.25, 0.3) is 0 Å². The normalized spacial score (nSPS) is 16.3. The van der Waals surface area contributed by atoms with E-state index in [9.17, 15) is 4.79 Å². The van der Waals surface area contributed by atoms with Crippen LogP contribution in [0.1, 0.15) is 19.8 Å². The molecule has 0 aromatic rings. The molecular formula is C7H14N2O. The summed E-state index contributed by atoms with van der Waals surface area (Å²) in [5.41, 5.74) is 0. The Hall–Kier alpha value is -0.730. The maximum Gasteiger partial charge on any atom is 0.317 e. The second-order valence-electron chi connectivity index (χ2n) is 2.57. The van der Waals surface area contributed by atoms with Crippen molar-refractivity contribution < 1.29 is 4.79 Å². The van der Waals surface area contributed by atoms with Gasteiger partial charge in [-0.2, -0.15) is 0 Å². The molecule has 1 fully saturated rings. The van der Waals surface area contributed by atoms with Gasteiger partial charge in [-0.05, 0) is 12.8 Å². The number of likely N-dealkylation sites (tertiary alicyclic amines) is 1. The van der Waals surface area contributed by atoms with Crippen molar-refractivity contribution in [2.75, 3.05) is 19.6 Å². The maximum atomic E-state index is 11.0. The Kier molecular flexibility index (Phi) is 2.54. The van der Waals surface area contributed by atoms with E-state index in [0.717, 1.165) is 26.1 Å². The third kappa shape index (κ3) is 1.62. The van der Waals surface area contributed by atoms with Gasteiger partial charge in [0.2, 0.25) is 0 Å². The summed E-state index contributed by atoms with van der Waals surface area (Å²) >= 11 is 0. The number of nitrogens with one attached hydrogen (secondary N) is 1. The Morgan fingerprint density at radius 2 is 2.30 bits per heavy atom. The van der Waals surface area contributed by atoms with Gasteiger partial charge in [-0.15, -0.1) is 0 Å². The largest absolute Gasteiger partial charge is 0.338 e. The molecule has 3 heteroatoms. The predicted molar refractivity (Wildman–Crippen MR) is 39.9 cm³/mol. The van der Waals surface area contributed by atoms with Crippen molar-refractivity contribution in [1.29, 1.82) is 0 Å². The van der Waals surface area contributed by atoms with Gasteiger partial charge in [-0.1, -0.05) is 6.92 Å². The van der Waals surface area contributed by atoms with E-state index in [4.69, 9.17) is 0 Å². The van der Waals surface area contributed by atoms with Crippen LogP contribution < -0.4 is 5.32 Å². The summed E-state index contributed by atoms with van der Waals surface area (Å²) in [6, 6.07) is 0.105. The van der Waals surface area contributed by atoms with Gasteiger partial charge in [0.25, 0.3) is 0 Å². The molecule has 1 aliphatic heterocycles. The SMILES string of the molecule is CCCNC(=O)N1CCC1. The second-order valence-corrected chi connectivity index (χ2v) is 2.57. The number of hydrogen-bond donors (Lipinski definition) is 1. The fraction of sp³-hybridized carbons (Fsp3) is 0.857. The summed E-state index contributed by atoms with van der Waals surface area (Å²) < 4.78 is 0. The molecule has 1 N–H and O–H groups in total. The Bertz CT molecular complexity index is 121. The molecule has 2 amide bonds. The molecule has 0 aliphatic carbocycles. The lowest BCUT2D eigenvalue weighted by molar-refractivity contribution is 0.167. The minimum atomic E-state index is 0.105. The van der Waals surface area contributed by atoms with E-state index >= 15 is 0 Å². The summed E-state index contributed by atoms with van der Waals surface area (Å²) in [5, 5.41) is 2.82. The third-order valence-corrected chi connectivity index (χ3v) is 1.67. The van der Waals surface area contributed by atoms with Gasteiger partial charge >= 0.3 is 6.03 Å². The quantitative estimate of drug-likeness (QED) is 0.608. The van der Waals surface area contributed by atoms with Crippen LogP contribution in [0.3, 0.4) is 0 Å². The highest BCUT2D eigenvalue weighted by Crippen LogP contribution is 2.04. The summed E-state index contributed by atoms with van der Waals surface area (Å²) in [5.74, 6) is 0. The Balaban J connectivity index is 2.08. The van der Waals surface area contributed by atoms with Gasteiger partial charge in [-0.3, -0.25) is 0 Å². The van der Waals surface area contributed by atoms with E-state index in [2.05, 4.69) is 12.2 Å². The summed E-state index contributed by atoms with van der Waals surface area (Å²) in [7, 11) is 0. The van der Waals surface area contributed by atoms with Gasteiger partial charge in [0.1, 0.15) is 0 Å². The van der Waals surface area contributed by atoms with Crippen LogP contribution in [-0.4, -0.2) is 30.6 Å². The first-order chi connectivity index (χ1) is 4.84. The van der Waals surface area contributed by atoms with Crippen molar-refractivity contribution in [3.63, 3.8) is 0 Å². The number of urea groups is 1. The molecule has 1 rings (SSSR count). The lowest BCUT2D eigenvalue weighted by Crippen LogP contribution is -2.47. The average molecular weight is 142 g/mol. The first-order valence-electron chi connectivity index (χ1n) is 3.87. The lowest BCUT2D eigenvalue weighted by Gasteiger charge is -2.30. The number of carbonyl (C=O) groups excluding carboxylic acids is 1. The van der Waals surface area contributed by atoms with Crippen molar-refractivity contribution in [1.82, 2.24) is 10.2 Å². The van der Waals surface area contributed by atoms with Crippen molar-refractivity contribution in [3.8, 4) is 0 Å². The molecule has 0 saturated carbocycles. The van der Waals surface area contributed by atoms with Crippen molar-refractivity contribution in [2.45, 2.75) is 19.8 Å². The Morgan fingerprint density at radius 1 is 1.60 bits per heavy atom. The first kappa shape index (κ1) is 7.38. The Morgan fingerprint density at radius 3 is 2.70 bits per heavy atom. The van der Waals surface area contributed by atoms with Crippen molar-refractivity contribution in [2.24, 2.45) is 0 Å². The van der Waals surface area contributed by atoms with E-state index in [1.807, 2.05) is 4.90 Å². The highest BCUT2D eigenvalue weighted by molar-refractivity contribution is 5.74. The zero-order chi connectivity index (χ0) is 7.40. The predicted octanol–water partition coefficient (Wildman–Crippen LogP) is 0.812. The molecule has 58 valence electrons. The molecular weight excluding hydrogens is 128 g/mol. The average Bonchev–Trinajstić information content (AvgIpc) is 1.79. The number of rotatable bonds is 2. The molecule has 1 heterocycles. The number of amides is 2. The van der Waals surface area contributed by atoms with E-state index in [1.165, 1.54) is 6.42 Å². The fourth-order valence-corrected chi connectivity index (χ4v) is 0.863. The Labute approximate surface area is 61.4 Å². The molecule has 0 atom stereocenters. The van der Waals surface area contributed by atoms with E-state index in [-0.39, 0.29) is 6.03 Å². The summed E-state index contributed by atoms with van der Waals surface area (Å²) in [4.78, 5) is 12.8. The van der Waals surface area contributed by atoms with Gasteiger partial charge < -0.3 is 10.2 Å². The minimum absolute atomic E-state index is 0.105. The van der Waals surface area contributed by atoms with Gasteiger partial charge in [-0.25, -0.2) is 4.79 Å². The van der Waals surface area contributed by atoms with Crippen LogP contribution in [-0.2, 0) is 0 Å². The molecule has 1 aliphatic rings. The highest BCUT2D eigenvalue weighted by atomic mass is 16.2. The van der Waals surface area contributed by atoms with Crippen molar-refractivity contribution in [3.05, 3.63) is 0 Å². The van der Waals surface area contributed by atoms with Crippen LogP contribution in [0, 0.1) is 0 Å². The van der Waals surface area contributed by atoms with Crippen LogP contribution in [0.2, 0.25) is 0 Å². The van der Waals surface area contributed by atoms with Crippen LogP contribution >= 0.6 is 0 Å². The molecule has 0 unspecified atom stereocenters. The lowest BCUT2D eigenvalue weighted by atomic mass is 10.2. The van der Waals surface area contributed by atoms with Crippen LogP contribution in [0.15, 0.2) is 0 Å². The molecule has 1 saturated heterocycles. The zero-order valence-electron chi connectivity index (χ0n) is 6.39. The third-order valence-electron chi connectivity index (χ3n) is 1.67. The molecule has 10 heavy (non-hydrogen) atoms. The molecule has 0 aromatic carbocycles. The van der Waals surface area contributed by atoms with Crippen LogP contribution in [0.5, 0.6) is 0 Å². The van der Waals surface area contributed by atoms with E-state index in [0.29, 0.717) is 0 Å². The molecule has 3 nitrogen and oxygen atoms in total. The standard InChI is InChI=1S/C7H14N2O/c1-2-4-8-7(10)9-5-3-6-9/h2-6H2,1H3,(H,8,10). The maximum absolute atomic E-state index is 11.0. The number of hydrogen-bond acceptors (Lipinski definition) is 1. The highest BCUT2D eigenvalue weighted by Gasteiger charge is 2.18. The molecule has 0 radical (unpaired) electrons. The summed E-state index contributed by atoms with van der Waals surface area (Å²) in [6.07, 6.45) is 2.18. The van der Waals surface area contributed by atoms with E-state index in [1.54, 1.807) is 0 Å². The van der Waals surface area contributed by atoms with Crippen molar-refractivity contribution >= 4 is 6.03 Å². The zero-order valence-corrected chi connectivity index (χ0v) is 6.39. The molecule has 0 aromatic heterocycles. The monoisotopic (exact) mass is 142 g/mol. The minimum Gasteiger partial charge on any atom is -0.338 e. The second kappa shape index (κ2) is 3.44. The smallest absolute Gasteiger partial charge is 0.317 e. The number of nitrogens with zero attached hydrogens (tertiary/aromatic N) is 1. The number of carbonyl (C=O) groups is 1. The topological polar surface area (TPSA) is 32.3 Å². The van der Waals surface area contributed by atoms with E-state index < -0.39 is 0 Å². The molecule has 0 bridgehead atoms. The van der Waals surface area contributed by atoms with Gasteiger partial charge in [0.05, 0.1) is 0 Å².